The predicted molar refractivity (Wildman–Crippen MR) is 85.6 cm³/mol. The van der Waals surface area contributed by atoms with E-state index in [1.807, 2.05) is 0 Å². The Hall–Kier alpha value is -1.12. The maximum atomic E-state index is 3.63. The molecule has 0 radical (unpaired) electrons. The van der Waals surface area contributed by atoms with E-state index in [1.165, 1.54) is 26.7 Å². The first-order valence-electron chi connectivity index (χ1n) is 6.69. The van der Waals surface area contributed by atoms with Gasteiger partial charge in [-0.2, -0.15) is 0 Å². The molecule has 0 amide bonds. The lowest BCUT2D eigenvalue weighted by atomic mass is 9.92. The molecule has 2 aromatic carbocycles. The van der Waals surface area contributed by atoms with E-state index in [0.717, 1.165) is 6.54 Å². The fourth-order valence-corrected chi connectivity index (χ4v) is 2.82. The zero-order valence-electron chi connectivity index (χ0n) is 11.7. The van der Waals surface area contributed by atoms with Crippen LogP contribution in [0.2, 0.25) is 0 Å². The monoisotopic (exact) mass is 317 g/mol. The highest BCUT2D eigenvalue weighted by molar-refractivity contribution is 9.10. The summed E-state index contributed by atoms with van der Waals surface area (Å²) in [6.07, 6.45) is 0. The summed E-state index contributed by atoms with van der Waals surface area (Å²) in [5.74, 6) is 0. The molecular weight excluding hydrogens is 298 g/mol. The number of halogens is 1. The highest BCUT2D eigenvalue weighted by Gasteiger charge is 2.17. The summed E-state index contributed by atoms with van der Waals surface area (Å²) in [5.41, 5.74) is 5.32. The average molecular weight is 318 g/mol. The van der Waals surface area contributed by atoms with Gasteiger partial charge >= 0.3 is 0 Å². The van der Waals surface area contributed by atoms with Crippen LogP contribution in [0.15, 0.2) is 46.9 Å². The number of hydrogen-bond donors (Lipinski definition) is 1. The Kier molecular flexibility index (Phi) is 4.78. The summed E-state index contributed by atoms with van der Waals surface area (Å²) in [4.78, 5) is 0. The molecule has 2 aromatic rings. The number of rotatable bonds is 4. The van der Waals surface area contributed by atoms with Crippen LogP contribution in [0.5, 0.6) is 0 Å². The van der Waals surface area contributed by atoms with Crippen molar-refractivity contribution < 1.29 is 0 Å². The molecule has 0 saturated heterocycles. The zero-order valence-corrected chi connectivity index (χ0v) is 13.3. The third kappa shape index (κ3) is 3.07. The molecule has 1 nitrogen and oxygen atoms in total. The second-order valence-corrected chi connectivity index (χ2v) is 5.66. The van der Waals surface area contributed by atoms with Crippen molar-refractivity contribution in [2.75, 3.05) is 6.54 Å². The molecule has 0 aliphatic carbocycles. The average Bonchev–Trinajstić information content (AvgIpc) is 2.41. The number of hydrogen-bond acceptors (Lipinski definition) is 1. The molecule has 1 unspecified atom stereocenters. The Morgan fingerprint density at radius 2 is 1.68 bits per heavy atom. The Morgan fingerprint density at radius 1 is 1.00 bits per heavy atom. The fraction of sp³-hybridized carbons (Fsp3) is 0.294. The smallest absolute Gasteiger partial charge is 0.0582 e. The maximum Gasteiger partial charge on any atom is 0.0582 e. The van der Waals surface area contributed by atoms with Crippen LogP contribution in [-0.4, -0.2) is 6.54 Å². The molecule has 2 rings (SSSR count). The van der Waals surface area contributed by atoms with Crippen molar-refractivity contribution in [3.05, 3.63) is 69.2 Å². The van der Waals surface area contributed by atoms with Gasteiger partial charge in [-0.25, -0.2) is 0 Å². The van der Waals surface area contributed by atoms with Gasteiger partial charge in [0.1, 0.15) is 0 Å². The molecule has 0 heterocycles. The van der Waals surface area contributed by atoms with E-state index in [1.54, 1.807) is 0 Å². The summed E-state index contributed by atoms with van der Waals surface area (Å²) < 4.78 is 1.17. The van der Waals surface area contributed by atoms with Gasteiger partial charge in [0.05, 0.1) is 6.04 Å². The molecule has 0 saturated carbocycles. The molecule has 0 spiro atoms. The highest BCUT2D eigenvalue weighted by Crippen LogP contribution is 2.30. The number of nitrogens with one attached hydrogen (secondary N) is 1. The maximum absolute atomic E-state index is 3.63. The van der Waals surface area contributed by atoms with Gasteiger partial charge in [0.2, 0.25) is 0 Å². The van der Waals surface area contributed by atoms with E-state index < -0.39 is 0 Å². The minimum atomic E-state index is 0.253. The summed E-state index contributed by atoms with van der Waals surface area (Å²) >= 11 is 3.63. The van der Waals surface area contributed by atoms with E-state index in [9.17, 15) is 0 Å². The Bertz CT molecular complexity index is 563. The zero-order chi connectivity index (χ0) is 13.8. The fourth-order valence-electron chi connectivity index (χ4n) is 2.44. The van der Waals surface area contributed by atoms with Crippen LogP contribution in [0, 0.1) is 13.8 Å². The van der Waals surface area contributed by atoms with Crippen molar-refractivity contribution in [1.29, 1.82) is 0 Å². The van der Waals surface area contributed by atoms with Gasteiger partial charge in [-0.1, -0.05) is 59.3 Å². The summed E-state index contributed by atoms with van der Waals surface area (Å²) in [5, 5.41) is 3.60. The lowest BCUT2D eigenvalue weighted by Gasteiger charge is -2.23. The summed E-state index contributed by atoms with van der Waals surface area (Å²) in [7, 11) is 0. The molecule has 0 bridgehead atoms. The van der Waals surface area contributed by atoms with Crippen molar-refractivity contribution in [3.8, 4) is 0 Å². The molecule has 1 atom stereocenters. The second kappa shape index (κ2) is 6.36. The van der Waals surface area contributed by atoms with Crippen molar-refractivity contribution in [2.24, 2.45) is 0 Å². The van der Waals surface area contributed by atoms with Crippen molar-refractivity contribution in [2.45, 2.75) is 26.8 Å². The minimum absolute atomic E-state index is 0.253. The van der Waals surface area contributed by atoms with Crippen molar-refractivity contribution >= 4 is 15.9 Å². The molecular formula is C17H20BrN. The van der Waals surface area contributed by atoms with Crippen LogP contribution in [0.4, 0.5) is 0 Å². The topological polar surface area (TPSA) is 12.0 Å². The second-order valence-electron chi connectivity index (χ2n) is 4.80. The third-order valence-electron chi connectivity index (χ3n) is 3.53. The molecule has 0 aliphatic heterocycles. The van der Waals surface area contributed by atoms with Gasteiger partial charge in [-0.15, -0.1) is 0 Å². The third-order valence-corrected chi connectivity index (χ3v) is 4.39. The molecule has 19 heavy (non-hydrogen) atoms. The highest BCUT2D eigenvalue weighted by atomic mass is 79.9. The Balaban J connectivity index is 2.52. The predicted octanol–water partition coefficient (Wildman–Crippen LogP) is 4.76. The summed E-state index contributed by atoms with van der Waals surface area (Å²) in [6, 6.07) is 15.3. The van der Waals surface area contributed by atoms with Crippen LogP contribution in [0.1, 0.15) is 35.2 Å². The van der Waals surface area contributed by atoms with Crippen LogP contribution in [0.3, 0.4) is 0 Å². The van der Waals surface area contributed by atoms with Gasteiger partial charge in [-0.3, -0.25) is 0 Å². The van der Waals surface area contributed by atoms with E-state index >= 15 is 0 Å². The Labute approximate surface area is 124 Å². The SMILES string of the molecule is CCNC(c1ccccc1C)c1cccc(Br)c1C. The van der Waals surface area contributed by atoms with E-state index in [0.29, 0.717) is 0 Å². The number of benzene rings is 2. The van der Waals surface area contributed by atoms with Crippen molar-refractivity contribution in [3.63, 3.8) is 0 Å². The Morgan fingerprint density at radius 3 is 2.37 bits per heavy atom. The lowest BCUT2D eigenvalue weighted by molar-refractivity contribution is 0.624. The van der Waals surface area contributed by atoms with E-state index in [4.69, 9.17) is 0 Å². The molecule has 2 heteroatoms. The van der Waals surface area contributed by atoms with Gasteiger partial charge in [0, 0.05) is 4.47 Å². The molecule has 100 valence electrons. The molecule has 0 fully saturated rings. The van der Waals surface area contributed by atoms with Gasteiger partial charge < -0.3 is 5.32 Å². The van der Waals surface area contributed by atoms with Crippen molar-refractivity contribution in [1.82, 2.24) is 5.32 Å². The van der Waals surface area contributed by atoms with Gasteiger partial charge in [0.15, 0.2) is 0 Å². The van der Waals surface area contributed by atoms with Crippen LogP contribution in [-0.2, 0) is 0 Å². The van der Waals surface area contributed by atoms with E-state index in [-0.39, 0.29) is 6.04 Å². The van der Waals surface area contributed by atoms with Crippen LogP contribution in [0.25, 0.3) is 0 Å². The minimum Gasteiger partial charge on any atom is -0.307 e. The first-order valence-corrected chi connectivity index (χ1v) is 7.48. The number of aryl methyl sites for hydroxylation is 1. The lowest BCUT2D eigenvalue weighted by Crippen LogP contribution is -2.23. The standard InChI is InChI=1S/C17H20BrN/c1-4-19-17(14-9-6-5-8-12(14)2)15-10-7-11-16(18)13(15)3/h5-11,17,19H,4H2,1-3H3. The first-order chi connectivity index (χ1) is 9.15. The molecule has 0 aliphatic rings. The van der Waals surface area contributed by atoms with Gasteiger partial charge in [-0.05, 0) is 48.7 Å². The van der Waals surface area contributed by atoms with E-state index in [2.05, 4.69) is 84.5 Å². The first kappa shape index (κ1) is 14.3. The van der Waals surface area contributed by atoms with Crippen LogP contribution >= 0.6 is 15.9 Å². The normalized spacial score (nSPS) is 12.4. The quantitative estimate of drug-likeness (QED) is 0.856. The van der Waals surface area contributed by atoms with Crippen LogP contribution < -0.4 is 5.32 Å². The summed E-state index contributed by atoms with van der Waals surface area (Å²) in [6.45, 7) is 7.44. The van der Waals surface area contributed by atoms with Gasteiger partial charge in [0.25, 0.3) is 0 Å². The largest absolute Gasteiger partial charge is 0.307 e. The molecule has 0 aromatic heterocycles. The molecule has 1 N–H and O–H groups in total.